The molecule has 1 atom stereocenters. The molecule has 0 heterocycles. The number of hydrogen-bond acceptors (Lipinski definition) is 5. The lowest BCUT2D eigenvalue weighted by atomic mass is 10.1. The van der Waals surface area contributed by atoms with Crippen LogP contribution in [-0.2, 0) is 0 Å². The van der Waals surface area contributed by atoms with Gasteiger partial charge in [0.15, 0.2) is 0 Å². The standard InChI is InChI=1S/C8H6O4.C4H10O3/c9-7(10)5-1-2-6(4-3-5)8(11)12;5-2-1-4(7)3-6/h1-4H,(H,9,10)(H,11,12);4-7H,1-3H2. The van der Waals surface area contributed by atoms with Crippen molar-refractivity contribution in [3.8, 4) is 0 Å². The third-order valence-electron chi connectivity index (χ3n) is 2.05. The van der Waals surface area contributed by atoms with Crippen molar-refractivity contribution in [1.29, 1.82) is 0 Å². The van der Waals surface area contributed by atoms with Gasteiger partial charge >= 0.3 is 11.9 Å². The molecule has 0 aliphatic carbocycles. The molecule has 0 aliphatic heterocycles. The van der Waals surface area contributed by atoms with Crippen LogP contribution in [0.4, 0.5) is 0 Å². The maximum Gasteiger partial charge on any atom is 0.335 e. The fraction of sp³-hybridized carbons (Fsp3) is 0.333. The Morgan fingerprint density at radius 1 is 0.947 bits per heavy atom. The summed E-state index contributed by atoms with van der Waals surface area (Å²) in [7, 11) is 0. The molecule has 0 saturated carbocycles. The van der Waals surface area contributed by atoms with E-state index < -0.39 is 18.0 Å². The molecule has 0 bridgehead atoms. The van der Waals surface area contributed by atoms with Crippen LogP contribution < -0.4 is 0 Å². The predicted octanol–water partition coefficient (Wildman–Crippen LogP) is -0.195. The minimum atomic E-state index is -1.06. The summed E-state index contributed by atoms with van der Waals surface area (Å²) in [5, 5.41) is 41.6. The second-order valence-electron chi connectivity index (χ2n) is 3.54. The summed E-state index contributed by atoms with van der Waals surface area (Å²) in [5.74, 6) is -2.13. The van der Waals surface area contributed by atoms with Gasteiger partial charge in [-0.15, -0.1) is 0 Å². The molecule has 0 saturated heterocycles. The van der Waals surface area contributed by atoms with E-state index in [0.29, 0.717) is 0 Å². The molecule has 1 rings (SSSR count). The van der Waals surface area contributed by atoms with E-state index in [-0.39, 0.29) is 30.8 Å². The average molecular weight is 272 g/mol. The molecule has 7 heteroatoms. The fourth-order valence-corrected chi connectivity index (χ4v) is 0.996. The summed E-state index contributed by atoms with van der Waals surface area (Å²) in [6, 6.07) is 5.02. The van der Waals surface area contributed by atoms with E-state index in [2.05, 4.69) is 0 Å². The van der Waals surface area contributed by atoms with E-state index >= 15 is 0 Å². The van der Waals surface area contributed by atoms with Gasteiger partial charge in [0.25, 0.3) is 0 Å². The lowest BCUT2D eigenvalue weighted by molar-refractivity contribution is 0.0681. The minimum Gasteiger partial charge on any atom is -0.478 e. The molecule has 7 nitrogen and oxygen atoms in total. The zero-order valence-corrected chi connectivity index (χ0v) is 10.1. The summed E-state index contributed by atoms with van der Waals surface area (Å²) in [5.41, 5.74) is 0.167. The van der Waals surface area contributed by atoms with Crippen LogP contribution >= 0.6 is 0 Å². The molecular formula is C12H16O7. The normalized spacial score (nSPS) is 11.1. The van der Waals surface area contributed by atoms with Gasteiger partial charge in [-0.1, -0.05) is 0 Å². The van der Waals surface area contributed by atoms with Crippen LogP contribution in [-0.4, -0.2) is 56.8 Å². The molecule has 5 N–H and O–H groups in total. The number of rotatable bonds is 5. The van der Waals surface area contributed by atoms with Gasteiger partial charge < -0.3 is 25.5 Å². The van der Waals surface area contributed by atoms with Gasteiger partial charge in [0.2, 0.25) is 0 Å². The molecular weight excluding hydrogens is 256 g/mol. The highest BCUT2D eigenvalue weighted by Crippen LogP contribution is 2.03. The number of carboxylic acid groups (broad SMARTS) is 2. The van der Waals surface area contributed by atoms with Crippen LogP contribution in [0.15, 0.2) is 24.3 Å². The molecule has 0 fully saturated rings. The van der Waals surface area contributed by atoms with Gasteiger partial charge in [-0.3, -0.25) is 0 Å². The molecule has 0 spiro atoms. The SMILES string of the molecule is O=C(O)c1ccc(C(=O)O)cc1.OCCC(O)CO. The summed E-state index contributed by atoms with van der Waals surface area (Å²) in [4.78, 5) is 20.7. The second-order valence-corrected chi connectivity index (χ2v) is 3.54. The molecule has 1 aromatic carbocycles. The molecule has 106 valence electrons. The van der Waals surface area contributed by atoms with E-state index in [1.807, 2.05) is 0 Å². The topological polar surface area (TPSA) is 135 Å². The lowest BCUT2D eigenvalue weighted by Gasteiger charge is -2.00. The third-order valence-corrected chi connectivity index (χ3v) is 2.05. The molecule has 0 aliphatic rings. The monoisotopic (exact) mass is 272 g/mol. The maximum absolute atomic E-state index is 10.3. The van der Waals surface area contributed by atoms with Crippen molar-refractivity contribution >= 4 is 11.9 Å². The number of benzene rings is 1. The fourth-order valence-electron chi connectivity index (χ4n) is 0.996. The summed E-state index contributed by atoms with van der Waals surface area (Å²) in [6.07, 6.45) is -0.485. The van der Waals surface area contributed by atoms with Crippen molar-refractivity contribution in [3.05, 3.63) is 35.4 Å². The van der Waals surface area contributed by atoms with E-state index in [0.717, 1.165) is 0 Å². The van der Waals surface area contributed by atoms with Crippen molar-refractivity contribution in [3.63, 3.8) is 0 Å². The zero-order chi connectivity index (χ0) is 14.8. The number of carboxylic acids is 2. The van der Waals surface area contributed by atoms with Gasteiger partial charge in [0.05, 0.1) is 23.8 Å². The Balaban J connectivity index is 0.000000399. The first-order valence-corrected chi connectivity index (χ1v) is 5.38. The van der Waals surface area contributed by atoms with Gasteiger partial charge in [-0.2, -0.15) is 0 Å². The van der Waals surface area contributed by atoms with Crippen LogP contribution in [0.2, 0.25) is 0 Å². The minimum absolute atomic E-state index is 0.0677. The van der Waals surface area contributed by atoms with Crippen molar-refractivity contribution in [1.82, 2.24) is 0 Å². The Labute approximate surface area is 109 Å². The van der Waals surface area contributed by atoms with Crippen LogP contribution in [0.25, 0.3) is 0 Å². The van der Waals surface area contributed by atoms with Crippen LogP contribution in [0.3, 0.4) is 0 Å². The molecule has 1 aromatic rings. The third kappa shape index (κ3) is 7.14. The van der Waals surface area contributed by atoms with Crippen molar-refractivity contribution in [2.75, 3.05) is 13.2 Å². The first-order valence-electron chi connectivity index (χ1n) is 5.38. The molecule has 19 heavy (non-hydrogen) atoms. The van der Waals surface area contributed by atoms with Crippen LogP contribution in [0.1, 0.15) is 27.1 Å². The lowest BCUT2D eigenvalue weighted by Crippen LogP contribution is -2.12. The number of aliphatic hydroxyl groups is 3. The van der Waals surface area contributed by atoms with Crippen LogP contribution in [0.5, 0.6) is 0 Å². The summed E-state index contributed by atoms with van der Waals surface area (Å²) in [6.45, 7) is -0.331. The smallest absolute Gasteiger partial charge is 0.335 e. The van der Waals surface area contributed by atoms with Gasteiger partial charge in [-0.25, -0.2) is 9.59 Å². The first-order chi connectivity index (χ1) is 8.92. The highest BCUT2D eigenvalue weighted by molar-refractivity contribution is 5.91. The highest BCUT2D eigenvalue weighted by atomic mass is 16.4. The maximum atomic E-state index is 10.3. The number of aliphatic hydroxyl groups excluding tert-OH is 3. The molecule has 1 unspecified atom stereocenters. The molecule has 0 amide bonds. The van der Waals surface area contributed by atoms with Crippen molar-refractivity contribution < 1.29 is 35.1 Å². The average Bonchev–Trinajstić information content (AvgIpc) is 2.39. The van der Waals surface area contributed by atoms with Crippen molar-refractivity contribution in [2.45, 2.75) is 12.5 Å². The quantitative estimate of drug-likeness (QED) is 0.501. The van der Waals surface area contributed by atoms with Crippen LogP contribution in [0, 0.1) is 0 Å². The van der Waals surface area contributed by atoms with Gasteiger partial charge in [0.1, 0.15) is 0 Å². The molecule has 0 aromatic heterocycles. The Hall–Kier alpha value is -1.96. The second kappa shape index (κ2) is 9.03. The van der Waals surface area contributed by atoms with Crippen molar-refractivity contribution in [2.24, 2.45) is 0 Å². The number of hydrogen-bond donors (Lipinski definition) is 5. The van der Waals surface area contributed by atoms with Gasteiger partial charge in [0, 0.05) is 6.61 Å². The van der Waals surface area contributed by atoms with Gasteiger partial charge in [-0.05, 0) is 30.7 Å². The highest BCUT2D eigenvalue weighted by Gasteiger charge is 2.04. The van der Waals surface area contributed by atoms with E-state index in [1.165, 1.54) is 24.3 Å². The Morgan fingerprint density at radius 3 is 1.47 bits per heavy atom. The summed E-state index contributed by atoms with van der Waals surface area (Å²) < 4.78 is 0. The first kappa shape index (κ1) is 17.0. The zero-order valence-electron chi connectivity index (χ0n) is 10.1. The van der Waals surface area contributed by atoms with E-state index in [1.54, 1.807) is 0 Å². The Morgan fingerprint density at radius 2 is 1.32 bits per heavy atom. The summed E-state index contributed by atoms with van der Waals surface area (Å²) >= 11 is 0. The number of aromatic carboxylic acids is 2. The number of carbonyl (C=O) groups is 2. The largest absolute Gasteiger partial charge is 0.478 e. The Bertz CT molecular complexity index is 366. The Kier molecular flexibility index (Phi) is 8.10. The predicted molar refractivity (Wildman–Crippen MR) is 65.2 cm³/mol. The van der Waals surface area contributed by atoms with E-state index in [9.17, 15) is 9.59 Å². The van der Waals surface area contributed by atoms with E-state index in [4.69, 9.17) is 25.5 Å². The molecule has 0 radical (unpaired) electrons.